The Morgan fingerprint density at radius 3 is 2.93 bits per heavy atom. The zero-order valence-electron chi connectivity index (χ0n) is 7.35. The molecule has 0 radical (unpaired) electrons. The van der Waals surface area contributed by atoms with E-state index in [9.17, 15) is 14.4 Å². The molecule has 0 aromatic carbocycles. The number of esters is 1. The van der Waals surface area contributed by atoms with Crippen molar-refractivity contribution < 1.29 is 9.53 Å². The van der Waals surface area contributed by atoms with E-state index in [1.165, 1.54) is 19.4 Å². The lowest BCUT2D eigenvalue weighted by Gasteiger charge is -2.01. The highest BCUT2D eigenvalue weighted by atomic mass is 32.2. The standard InChI is InChI=1S/C7H8N2O4S/c1-13-6(11)4-14-9-3-2-5(10)8-7(9)12/h2-3H,4H2,1H3,(H,8,10,12). The third-order valence-electron chi connectivity index (χ3n) is 1.34. The van der Waals surface area contributed by atoms with Gasteiger partial charge in [-0.15, -0.1) is 0 Å². The molecule has 1 rings (SSSR count). The molecule has 1 N–H and O–H groups in total. The lowest BCUT2D eigenvalue weighted by molar-refractivity contribution is -0.137. The first-order valence-electron chi connectivity index (χ1n) is 3.65. The minimum absolute atomic E-state index is 0.0163. The lowest BCUT2D eigenvalue weighted by Crippen LogP contribution is -2.26. The fourth-order valence-electron chi connectivity index (χ4n) is 0.688. The number of hydrogen-bond donors (Lipinski definition) is 1. The first kappa shape index (κ1) is 10.6. The zero-order valence-corrected chi connectivity index (χ0v) is 8.17. The predicted molar refractivity (Wildman–Crippen MR) is 51.2 cm³/mol. The van der Waals surface area contributed by atoms with Crippen LogP contribution < -0.4 is 11.2 Å². The van der Waals surface area contributed by atoms with Crippen LogP contribution >= 0.6 is 11.9 Å². The van der Waals surface area contributed by atoms with Crippen LogP contribution in [-0.4, -0.2) is 27.8 Å². The van der Waals surface area contributed by atoms with Crippen molar-refractivity contribution in [1.82, 2.24) is 8.96 Å². The van der Waals surface area contributed by atoms with Crippen LogP contribution in [0.2, 0.25) is 0 Å². The van der Waals surface area contributed by atoms with Gasteiger partial charge in [0.05, 0.1) is 7.11 Å². The molecule has 0 aliphatic carbocycles. The van der Waals surface area contributed by atoms with E-state index in [0.717, 1.165) is 15.9 Å². The molecule has 0 saturated heterocycles. The van der Waals surface area contributed by atoms with Crippen molar-refractivity contribution in [2.24, 2.45) is 0 Å². The molecule has 0 amide bonds. The molecule has 1 aromatic rings. The van der Waals surface area contributed by atoms with Crippen LogP contribution in [0.25, 0.3) is 0 Å². The summed E-state index contributed by atoms with van der Waals surface area (Å²) in [6.45, 7) is 0. The summed E-state index contributed by atoms with van der Waals surface area (Å²) < 4.78 is 5.54. The van der Waals surface area contributed by atoms with E-state index in [4.69, 9.17) is 0 Å². The molecule has 76 valence electrons. The van der Waals surface area contributed by atoms with Gasteiger partial charge in [-0.2, -0.15) is 0 Å². The number of H-pyrrole nitrogens is 1. The van der Waals surface area contributed by atoms with Crippen LogP contribution in [0.3, 0.4) is 0 Å². The second-order valence-electron chi connectivity index (χ2n) is 2.29. The molecule has 0 bridgehead atoms. The van der Waals surface area contributed by atoms with Crippen LogP contribution in [0, 0.1) is 0 Å². The van der Waals surface area contributed by atoms with Crippen molar-refractivity contribution in [3.05, 3.63) is 33.1 Å². The van der Waals surface area contributed by atoms with Gasteiger partial charge in [-0.3, -0.25) is 14.6 Å². The SMILES string of the molecule is COC(=O)CSn1ccc(=O)[nH]c1=O. The van der Waals surface area contributed by atoms with Gasteiger partial charge in [0.25, 0.3) is 5.56 Å². The van der Waals surface area contributed by atoms with Gasteiger partial charge in [0.1, 0.15) is 5.75 Å². The fourth-order valence-corrected chi connectivity index (χ4v) is 1.36. The normalized spacial score (nSPS) is 9.79. The first-order valence-corrected chi connectivity index (χ1v) is 4.60. The summed E-state index contributed by atoms with van der Waals surface area (Å²) in [5, 5.41) is 0. The molecule has 0 fully saturated rings. The third kappa shape index (κ3) is 2.77. The molecule has 1 heterocycles. The summed E-state index contributed by atoms with van der Waals surface area (Å²) in [6, 6.07) is 1.20. The van der Waals surface area contributed by atoms with Crippen LogP contribution in [0.5, 0.6) is 0 Å². The lowest BCUT2D eigenvalue weighted by atomic mass is 10.7. The van der Waals surface area contributed by atoms with Gasteiger partial charge in [-0.1, -0.05) is 0 Å². The summed E-state index contributed by atoms with van der Waals surface area (Å²) in [5.74, 6) is -0.421. The molecular formula is C7H8N2O4S. The van der Waals surface area contributed by atoms with E-state index in [-0.39, 0.29) is 5.75 Å². The largest absolute Gasteiger partial charge is 0.468 e. The highest BCUT2D eigenvalue weighted by Crippen LogP contribution is 1.99. The number of aromatic nitrogens is 2. The Kier molecular flexibility index (Phi) is 3.52. The minimum atomic E-state index is -0.564. The fraction of sp³-hybridized carbons (Fsp3) is 0.286. The molecule has 0 atom stereocenters. The Hall–Kier alpha value is -1.50. The third-order valence-corrected chi connectivity index (χ3v) is 2.27. The van der Waals surface area contributed by atoms with Crippen LogP contribution in [0.4, 0.5) is 0 Å². The van der Waals surface area contributed by atoms with Gasteiger partial charge >= 0.3 is 11.7 Å². The molecule has 7 heteroatoms. The Bertz CT molecular complexity index is 436. The van der Waals surface area contributed by atoms with Gasteiger partial charge in [0.15, 0.2) is 0 Å². The zero-order chi connectivity index (χ0) is 10.6. The van der Waals surface area contributed by atoms with Crippen molar-refractivity contribution in [3.8, 4) is 0 Å². The average molecular weight is 216 g/mol. The summed E-state index contributed by atoms with van der Waals surface area (Å²) in [5.41, 5.74) is -1.03. The second kappa shape index (κ2) is 4.66. The van der Waals surface area contributed by atoms with E-state index in [1.807, 2.05) is 0 Å². The summed E-state index contributed by atoms with van der Waals surface area (Å²) in [6.07, 6.45) is 1.30. The van der Waals surface area contributed by atoms with Crippen molar-refractivity contribution in [2.45, 2.75) is 0 Å². The van der Waals surface area contributed by atoms with Crippen molar-refractivity contribution in [2.75, 3.05) is 12.9 Å². The highest BCUT2D eigenvalue weighted by molar-refractivity contribution is 7.98. The molecule has 0 saturated carbocycles. The van der Waals surface area contributed by atoms with Gasteiger partial charge in [0.2, 0.25) is 0 Å². The summed E-state index contributed by atoms with van der Waals surface area (Å²) in [7, 11) is 1.26. The molecule has 0 unspecified atom stereocenters. The Morgan fingerprint density at radius 2 is 2.36 bits per heavy atom. The van der Waals surface area contributed by atoms with Crippen molar-refractivity contribution in [3.63, 3.8) is 0 Å². The number of methoxy groups -OCH3 is 1. The number of ether oxygens (including phenoxy) is 1. The molecule has 1 aromatic heterocycles. The Morgan fingerprint density at radius 1 is 1.64 bits per heavy atom. The van der Waals surface area contributed by atoms with Gasteiger partial charge in [-0.25, -0.2) is 8.77 Å². The number of nitrogens with one attached hydrogen (secondary N) is 1. The van der Waals surface area contributed by atoms with Gasteiger partial charge < -0.3 is 4.74 Å². The summed E-state index contributed by atoms with van der Waals surface area (Å²) in [4.78, 5) is 34.5. The maximum atomic E-state index is 11.1. The van der Waals surface area contributed by atoms with E-state index < -0.39 is 17.2 Å². The highest BCUT2D eigenvalue weighted by Gasteiger charge is 2.02. The number of carbonyl (C=O) groups is 1. The minimum Gasteiger partial charge on any atom is -0.468 e. The van der Waals surface area contributed by atoms with Gasteiger partial charge in [-0.05, 0) is 11.9 Å². The number of aromatic amines is 1. The van der Waals surface area contributed by atoms with Crippen LogP contribution in [0.15, 0.2) is 21.9 Å². The van der Waals surface area contributed by atoms with Crippen LogP contribution in [-0.2, 0) is 9.53 Å². The molecule has 6 nitrogen and oxygen atoms in total. The number of hydrogen-bond acceptors (Lipinski definition) is 5. The number of carbonyl (C=O) groups excluding carboxylic acids is 1. The summed E-state index contributed by atoms with van der Waals surface area (Å²) >= 11 is 0.948. The second-order valence-corrected chi connectivity index (χ2v) is 3.23. The Labute approximate surface area is 83.0 Å². The van der Waals surface area contributed by atoms with E-state index in [2.05, 4.69) is 9.72 Å². The first-order chi connectivity index (χ1) is 6.63. The number of rotatable bonds is 3. The molecule has 14 heavy (non-hydrogen) atoms. The van der Waals surface area contributed by atoms with E-state index in [0.29, 0.717) is 0 Å². The van der Waals surface area contributed by atoms with Crippen molar-refractivity contribution >= 4 is 17.9 Å². The Balaban J connectivity index is 2.73. The van der Waals surface area contributed by atoms with E-state index in [1.54, 1.807) is 0 Å². The number of nitrogens with zero attached hydrogens (tertiary/aromatic N) is 1. The maximum Gasteiger partial charge on any atom is 0.338 e. The average Bonchev–Trinajstić information content (AvgIpc) is 2.16. The maximum absolute atomic E-state index is 11.1. The predicted octanol–water partition coefficient (Wildman–Crippen LogP) is -0.794. The molecular weight excluding hydrogens is 208 g/mol. The monoisotopic (exact) mass is 216 g/mol. The smallest absolute Gasteiger partial charge is 0.338 e. The van der Waals surface area contributed by atoms with E-state index >= 15 is 0 Å². The molecule has 0 spiro atoms. The van der Waals surface area contributed by atoms with Crippen LogP contribution in [0.1, 0.15) is 0 Å². The van der Waals surface area contributed by atoms with Gasteiger partial charge in [0, 0.05) is 12.3 Å². The molecule has 0 aliphatic heterocycles. The molecule has 0 aliphatic rings. The quantitative estimate of drug-likeness (QED) is 0.669. The topological polar surface area (TPSA) is 81.2 Å². The van der Waals surface area contributed by atoms with Crippen molar-refractivity contribution in [1.29, 1.82) is 0 Å².